The number of amidine groups is 1. The van der Waals surface area contributed by atoms with Gasteiger partial charge < -0.3 is 14.6 Å². The second-order valence-corrected chi connectivity index (χ2v) is 2.63. The molecule has 0 aromatic heterocycles. The Kier molecular flexibility index (Phi) is 5.88. The van der Waals surface area contributed by atoms with Crippen molar-refractivity contribution in [1.82, 2.24) is 0 Å². The van der Waals surface area contributed by atoms with Crippen LogP contribution in [-0.2, 0) is 4.74 Å². The van der Waals surface area contributed by atoms with Gasteiger partial charge >= 0.3 is 0 Å². The molecule has 0 bridgehead atoms. The molecule has 0 aromatic carbocycles. The average Bonchev–Trinajstić information content (AvgIpc) is 2.52. The maximum Gasteiger partial charge on any atom is 0.251 e. The van der Waals surface area contributed by atoms with Crippen LogP contribution < -0.4 is 10.0 Å². The predicted octanol–water partition coefficient (Wildman–Crippen LogP) is -1.70. The minimum atomic E-state index is -1.50. The number of likely N-dealkylation sites (N-methyl/N-ethyl adjacent to an activating group) is 1. The van der Waals surface area contributed by atoms with Crippen LogP contribution in [0.5, 0.6) is 0 Å². The van der Waals surface area contributed by atoms with Crippen molar-refractivity contribution < 1.29 is 19.5 Å². The van der Waals surface area contributed by atoms with Crippen LogP contribution in [0.15, 0.2) is 4.99 Å². The Bertz CT molecular complexity index is 192. The highest BCUT2D eigenvalue weighted by atomic mass is 16.6. The van der Waals surface area contributed by atoms with E-state index in [0.717, 1.165) is 13.7 Å². The van der Waals surface area contributed by atoms with E-state index in [9.17, 15) is 0 Å². The molecular formula is C8H16N2O3. The molecule has 0 saturated carbocycles. The summed E-state index contributed by atoms with van der Waals surface area (Å²) < 4.78 is 3.56. The molecule has 0 aromatic rings. The van der Waals surface area contributed by atoms with Gasteiger partial charge in [0, 0.05) is 14.0 Å². The van der Waals surface area contributed by atoms with E-state index in [2.05, 4.69) is 23.6 Å². The summed E-state index contributed by atoms with van der Waals surface area (Å²) in [7, 11) is 1.04. The fraction of sp³-hybridized carbons (Fsp3) is 0.750. The summed E-state index contributed by atoms with van der Waals surface area (Å²) >= 11 is 0. The number of hydrogen-bond donors (Lipinski definition) is 1. The van der Waals surface area contributed by atoms with Crippen LogP contribution in [0.2, 0.25) is 0 Å². The van der Waals surface area contributed by atoms with Gasteiger partial charge in [-0.3, -0.25) is 4.90 Å². The quantitative estimate of drug-likeness (QED) is 0.499. The lowest BCUT2D eigenvalue weighted by Gasteiger charge is -2.06. The van der Waals surface area contributed by atoms with E-state index < -0.39 is 6.16 Å². The Morgan fingerprint density at radius 1 is 1.77 bits per heavy atom. The summed E-state index contributed by atoms with van der Waals surface area (Å²) in [5.41, 5.74) is 0. The molecule has 5 nitrogen and oxygen atoms in total. The molecule has 0 fully saturated rings. The van der Waals surface area contributed by atoms with Crippen LogP contribution >= 0.6 is 0 Å². The number of carboxylic acid groups (broad SMARTS) is 1. The van der Waals surface area contributed by atoms with E-state index in [1.54, 1.807) is 4.90 Å². The van der Waals surface area contributed by atoms with E-state index in [4.69, 9.17) is 9.90 Å². The molecule has 1 aliphatic rings. The zero-order valence-corrected chi connectivity index (χ0v) is 8.29. The number of aliphatic imine (C=N–C) groups is 1. The molecule has 0 amide bonds. The number of hydrogen-bond acceptors (Lipinski definition) is 4. The number of nitrogens with zero attached hydrogens (tertiary/aromatic N) is 1. The number of nitrogens with one attached hydrogen (secondary N) is 1. The zero-order valence-electron chi connectivity index (χ0n) is 8.29. The topological polar surface area (TPSA) is 66.2 Å². The highest BCUT2D eigenvalue weighted by Gasteiger charge is 2.14. The number of methoxy groups -OCH3 is 1. The average molecular weight is 188 g/mol. The Hall–Kier alpha value is -1.10. The second kappa shape index (κ2) is 6.42. The molecule has 1 heterocycles. The number of quaternary nitrogens is 1. The van der Waals surface area contributed by atoms with Crippen molar-refractivity contribution in [2.45, 2.75) is 13.8 Å². The summed E-state index contributed by atoms with van der Waals surface area (Å²) in [6, 6.07) is 0. The van der Waals surface area contributed by atoms with Gasteiger partial charge in [0.05, 0.1) is 13.1 Å². The molecule has 1 unspecified atom stereocenters. The molecule has 1 aliphatic heterocycles. The normalized spacial score (nSPS) is 19.9. The van der Waals surface area contributed by atoms with Gasteiger partial charge in [-0.1, -0.05) is 0 Å². The van der Waals surface area contributed by atoms with Crippen LogP contribution in [0.3, 0.4) is 0 Å². The molecule has 1 atom stereocenters. The fourth-order valence-corrected chi connectivity index (χ4v) is 1.08. The van der Waals surface area contributed by atoms with Gasteiger partial charge in [0.25, 0.3) is 6.16 Å². The molecule has 1 rings (SSSR count). The van der Waals surface area contributed by atoms with Crippen LogP contribution in [0.1, 0.15) is 13.8 Å². The first kappa shape index (κ1) is 11.9. The van der Waals surface area contributed by atoms with E-state index in [0.29, 0.717) is 0 Å². The second-order valence-electron chi connectivity index (χ2n) is 2.63. The van der Waals surface area contributed by atoms with E-state index >= 15 is 0 Å². The molecule has 1 N–H and O–H groups in total. The highest BCUT2D eigenvalue weighted by molar-refractivity contribution is 5.71. The minimum absolute atomic E-state index is 1.04. The standard InChI is InChI=1S/C6H12N2.C2H4O3/c1-3-8-5-4-7-6(8)2;1-5-2(3)4/h3-5H2,1-2H3;1H3,(H,3,4). The molecule has 0 radical (unpaired) electrons. The van der Waals surface area contributed by atoms with E-state index in [1.807, 2.05) is 0 Å². The van der Waals surface area contributed by atoms with E-state index in [1.165, 1.54) is 18.9 Å². The monoisotopic (exact) mass is 188 g/mol. The zero-order chi connectivity index (χ0) is 10.3. The lowest BCUT2D eigenvalue weighted by atomic mass is 10.5. The SMILES string of the molecule is CC[NH+]1CCN=C1C.COC(=O)[O-]. The Labute approximate surface area is 78.0 Å². The van der Waals surface area contributed by atoms with Gasteiger partial charge in [-0.2, -0.15) is 0 Å². The first-order valence-corrected chi connectivity index (χ1v) is 4.22. The first-order chi connectivity index (χ1) is 6.11. The molecule has 0 aliphatic carbocycles. The summed E-state index contributed by atoms with van der Waals surface area (Å²) in [4.78, 5) is 14.8. The number of ether oxygens (including phenoxy) is 1. The minimum Gasteiger partial charge on any atom is -0.553 e. The van der Waals surface area contributed by atoms with Crippen LogP contribution in [0, 0.1) is 0 Å². The van der Waals surface area contributed by atoms with Crippen molar-refractivity contribution in [1.29, 1.82) is 0 Å². The van der Waals surface area contributed by atoms with Gasteiger partial charge in [0.2, 0.25) is 0 Å². The van der Waals surface area contributed by atoms with Gasteiger partial charge in [0.15, 0.2) is 5.84 Å². The van der Waals surface area contributed by atoms with Crippen LogP contribution in [-0.4, -0.2) is 38.7 Å². The van der Waals surface area contributed by atoms with Crippen LogP contribution in [0.4, 0.5) is 4.79 Å². The molecular weight excluding hydrogens is 172 g/mol. The van der Waals surface area contributed by atoms with Crippen molar-refractivity contribution in [2.24, 2.45) is 4.99 Å². The smallest absolute Gasteiger partial charge is 0.251 e. The largest absolute Gasteiger partial charge is 0.553 e. The lowest BCUT2D eigenvalue weighted by molar-refractivity contribution is -0.796. The maximum absolute atomic E-state index is 9.03. The Morgan fingerprint density at radius 2 is 2.31 bits per heavy atom. The van der Waals surface area contributed by atoms with Gasteiger partial charge in [-0.25, -0.2) is 4.99 Å². The molecule has 0 spiro atoms. The van der Waals surface area contributed by atoms with Crippen LogP contribution in [0.25, 0.3) is 0 Å². The maximum atomic E-state index is 9.03. The Balaban J connectivity index is 0.000000252. The number of rotatable bonds is 1. The first-order valence-electron chi connectivity index (χ1n) is 4.22. The van der Waals surface area contributed by atoms with Crippen molar-refractivity contribution in [2.75, 3.05) is 26.7 Å². The Morgan fingerprint density at radius 3 is 2.46 bits per heavy atom. The lowest BCUT2D eigenvalue weighted by Crippen LogP contribution is -3.12. The third-order valence-corrected chi connectivity index (χ3v) is 1.87. The van der Waals surface area contributed by atoms with Crippen molar-refractivity contribution in [3.05, 3.63) is 0 Å². The summed E-state index contributed by atoms with van der Waals surface area (Å²) in [6.45, 7) is 7.73. The third kappa shape index (κ3) is 5.19. The molecule has 0 saturated heterocycles. The fourth-order valence-electron chi connectivity index (χ4n) is 1.08. The van der Waals surface area contributed by atoms with Gasteiger partial charge in [0.1, 0.15) is 6.54 Å². The van der Waals surface area contributed by atoms with Gasteiger partial charge in [-0.05, 0) is 6.92 Å². The third-order valence-electron chi connectivity index (χ3n) is 1.87. The molecule has 13 heavy (non-hydrogen) atoms. The highest BCUT2D eigenvalue weighted by Crippen LogP contribution is 1.74. The number of carbonyl (C=O) groups is 1. The molecule has 5 heteroatoms. The predicted molar refractivity (Wildman–Crippen MR) is 46.8 cm³/mol. The molecule has 76 valence electrons. The summed E-state index contributed by atoms with van der Waals surface area (Å²) in [5.74, 6) is 1.28. The van der Waals surface area contributed by atoms with Crippen molar-refractivity contribution in [3.63, 3.8) is 0 Å². The summed E-state index contributed by atoms with van der Waals surface area (Å²) in [6.07, 6.45) is -1.50. The van der Waals surface area contributed by atoms with Crippen molar-refractivity contribution in [3.8, 4) is 0 Å². The van der Waals surface area contributed by atoms with Gasteiger partial charge in [-0.15, -0.1) is 0 Å². The summed E-state index contributed by atoms with van der Waals surface area (Å²) in [5, 5.41) is 9.03. The van der Waals surface area contributed by atoms with Crippen molar-refractivity contribution >= 4 is 12.0 Å². The number of carbonyl (C=O) groups excluding carboxylic acids is 1. The van der Waals surface area contributed by atoms with E-state index in [-0.39, 0.29) is 0 Å².